The van der Waals surface area contributed by atoms with Gasteiger partial charge in [-0.05, 0) is 36.2 Å². The first-order valence-electron chi connectivity index (χ1n) is 5.81. The number of hydrogen-bond acceptors (Lipinski definition) is 3. The highest BCUT2D eigenvalue weighted by Gasteiger charge is 2.17. The lowest BCUT2D eigenvalue weighted by molar-refractivity contribution is 0.595. The molecule has 2 rings (SSSR count). The van der Waals surface area contributed by atoms with Gasteiger partial charge in [-0.25, -0.2) is 8.42 Å². The summed E-state index contributed by atoms with van der Waals surface area (Å²) in [5.41, 5.74) is 7.18. The van der Waals surface area contributed by atoms with Crippen LogP contribution in [0, 0.1) is 0 Å². The fourth-order valence-corrected chi connectivity index (χ4v) is 3.61. The third-order valence-electron chi connectivity index (χ3n) is 2.81. The quantitative estimate of drug-likeness (QED) is 0.882. The Morgan fingerprint density at radius 3 is 2.26 bits per heavy atom. The van der Waals surface area contributed by atoms with Crippen LogP contribution in [0.2, 0.25) is 5.02 Å². The van der Waals surface area contributed by atoms with Gasteiger partial charge in [-0.1, -0.05) is 35.9 Å². The molecule has 0 saturated carbocycles. The maximum atomic E-state index is 12.2. The van der Waals surface area contributed by atoms with E-state index in [0.717, 1.165) is 5.56 Å². The zero-order valence-corrected chi connectivity index (χ0v) is 11.8. The average molecular weight is 296 g/mol. The number of hydrogen-bond donors (Lipinski definition) is 1. The number of sulfone groups is 1. The predicted molar refractivity (Wildman–Crippen MR) is 78.1 cm³/mol. The summed E-state index contributed by atoms with van der Waals surface area (Å²) in [5.74, 6) is 0.0284. The van der Waals surface area contributed by atoms with E-state index >= 15 is 0 Å². The number of halogens is 1. The van der Waals surface area contributed by atoms with Crippen molar-refractivity contribution in [1.82, 2.24) is 0 Å². The zero-order valence-electron chi connectivity index (χ0n) is 10.2. The van der Waals surface area contributed by atoms with E-state index in [2.05, 4.69) is 0 Å². The van der Waals surface area contributed by atoms with E-state index in [-0.39, 0.29) is 15.7 Å². The Labute approximate surface area is 117 Å². The van der Waals surface area contributed by atoms with E-state index in [0.29, 0.717) is 12.1 Å². The molecule has 0 saturated heterocycles. The van der Waals surface area contributed by atoms with Gasteiger partial charge in [0.1, 0.15) is 0 Å². The predicted octanol–water partition coefficient (Wildman–Crippen LogP) is 2.94. The molecule has 0 atom stereocenters. The molecule has 0 heterocycles. The lowest BCUT2D eigenvalue weighted by atomic mass is 10.2. The average Bonchev–Trinajstić information content (AvgIpc) is 2.38. The zero-order chi connectivity index (χ0) is 13.9. The molecule has 5 heteroatoms. The Morgan fingerprint density at radius 2 is 1.63 bits per heavy atom. The molecule has 0 radical (unpaired) electrons. The fourth-order valence-electron chi connectivity index (χ4n) is 1.74. The lowest BCUT2D eigenvalue weighted by Crippen LogP contribution is -2.09. The van der Waals surface area contributed by atoms with Gasteiger partial charge in [0.15, 0.2) is 9.84 Å². The maximum Gasteiger partial charge on any atom is 0.180 e. The number of nitrogens with two attached hydrogens (primary N) is 1. The highest BCUT2D eigenvalue weighted by atomic mass is 35.5. The van der Waals surface area contributed by atoms with E-state index in [1.165, 1.54) is 6.07 Å². The van der Waals surface area contributed by atoms with Gasteiger partial charge in [0.2, 0.25) is 0 Å². The Hall–Kier alpha value is -1.52. The molecular formula is C14H14ClNO2S. The summed E-state index contributed by atoms with van der Waals surface area (Å²) in [6.07, 6.45) is 0.438. The van der Waals surface area contributed by atoms with Crippen LogP contribution >= 0.6 is 11.6 Å². The minimum atomic E-state index is -3.36. The molecule has 0 aliphatic heterocycles. The number of anilines is 1. The van der Waals surface area contributed by atoms with Crippen molar-refractivity contribution in [3.63, 3.8) is 0 Å². The molecule has 0 spiro atoms. The molecule has 0 aliphatic rings. The molecule has 0 aromatic heterocycles. The Kier molecular flexibility index (Phi) is 4.12. The summed E-state index contributed by atoms with van der Waals surface area (Å²) in [7, 11) is -3.36. The van der Waals surface area contributed by atoms with Gasteiger partial charge in [-0.15, -0.1) is 0 Å². The number of nitrogen functional groups attached to an aromatic ring is 1. The minimum Gasteiger partial charge on any atom is -0.399 e. The molecule has 0 aliphatic carbocycles. The van der Waals surface area contributed by atoms with Gasteiger partial charge in [0.25, 0.3) is 0 Å². The van der Waals surface area contributed by atoms with Crippen LogP contribution in [-0.2, 0) is 16.3 Å². The monoisotopic (exact) mass is 295 g/mol. The summed E-state index contributed by atoms with van der Waals surface area (Å²) in [4.78, 5) is 0.187. The van der Waals surface area contributed by atoms with E-state index in [1.807, 2.05) is 12.1 Å². The van der Waals surface area contributed by atoms with E-state index < -0.39 is 9.84 Å². The molecule has 2 aromatic rings. The van der Waals surface area contributed by atoms with Crippen LogP contribution in [0.25, 0.3) is 0 Å². The smallest absolute Gasteiger partial charge is 0.180 e. The Bertz CT molecular complexity index is 666. The summed E-state index contributed by atoms with van der Waals surface area (Å²) < 4.78 is 24.4. The van der Waals surface area contributed by atoms with Crippen molar-refractivity contribution in [3.8, 4) is 0 Å². The van der Waals surface area contributed by atoms with Crippen LogP contribution in [-0.4, -0.2) is 14.2 Å². The second-order valence-electron chi connectivity index (χ2n) is 4.24. The highest BCUT2D eigenvalue weighted by molar-refractivity contribution is 7.91. The molecule has 100 valence electrons. The first-order valence-corrected chi connectivity index (χ1v) is 7.84. The normalized spacial score (nSPS) is 11.4. The van der Waals surface area contributed by atoms with Crippen molar-refractivity contribution in [3.05, 3.63) is 59.1 Å². The third kappa shape index (κ3) is 3.49. The molecular weight excluding hydrogens is 282 g/mol. The first kappa shape index (κ1) is 13.9. The Balaban J connectivity index is 2.14. The highest BCUT2D eigenvalue weighted by Crippen LogP contribution is 2.22. The van der Waals surface area contributed by atoms with Crippen molar-refractivity contribution < 1.29 is 8.42 Å². The topological polar surface area (TPSA) is 60.2 Å². The van der Waals surface area contributed by atoms with Gasteiger partial charge >= 0.3 is 0 Å². The first-order chi connectivity index (χ1) is 8.99. The van der Waals surface area contributed by atoms with Gasteiger partial charge in [0, 0.05) is 5.69 Å². The van der Waals surface area contributed by atoms with Crippen LogP contribution in [0.5, 0.6) is 0 Å². The van der Waals surface area contributed by atoms with Crippen LogP contribution < -0.4 is 5.73 Å². The Morgan fingerprint density at radius 1 is 1.00 bits per heavy atom. The number of rotatable bonds is 4. The SMILES string of the molecule is Nc1ccc(CCS(=O)(=O)c2ccccc2Cl)cc1. The standard InChI is InChI=1S/C14H14ClNO2S/c15-13-3-1-2-4-14(13)19(17,18)10-9-11-5-7-12(16)8-6-11/h1-8H,9-10,16H2. The van der Waals surface area contributed by atoms with Gasteiger partial charge in [-0.2, -0.15) is 0 Å². The van der Waals surface area contributed by atoms with Crippen molar-refractivity contribution in [1.29, 1.82) is 0 Å². The summed E-state index contributed by atoms with van der Waals surface area (Å²) in [6.45, 7) is 0. The molecule has 0 amide bonds. The van der Waals surface area contributed by atoms with Crippen LogP contribution in [0.15, 0.2) is 53.4 Å². The third-order valence-corrected chi connectivity index (χ3v) is 5.02. The van der Waals surface area contributed by atoms with Gasteiger partial charge < -0.3 is 5.73 Å². The molecule has 0 bridgehead atoms. The summed E-state index contributed by atoms with van der Waals surface area (Å²) in [5, 5.41) is 0.264. The van der Waals surface area contributed by atoms with E-state index in [9.17, 15) is 8.42 Å². The number of aryl methyl sites for hydroxylation is 1. The molecule has 0 unspecified atom stereocenters. The van der Waals surface area contributed by atoms with E-state index in [1.54, 1.807) is 30.3 Å². The second kappa shape index (κ2) is 5.63. The van der Waals surface area contributed by atoms with E-state index in [4.69, 9.17) is 17.3 Å². The van der Waals surface area contributed by atoms with Gasteiger partial charge in [0.05, 0.1) is 15.7 Å². The largest absolute Gasteiger partial charge is 0.399 e. The van der Waals surface area contributed by atoms with Crippen molar-refractivity contribution in [2.24, 2.45) is 0 Å². The molecule has 19 heavy (non-hydrogen) atoms. The van der Waals surface area contributed by atoms with Crippen LogP contribution in [0.4, 0.5) is 5.69 Å². The van der Waals surface area contributed by atoms with Gasteiger partial charge in [-0.3, -0.25) is 0 Å². The minimum absolute atomic E-state index is 0.0284. The molecule has 2 aromatic carbocycles. The fraction of sp³-hybridized carbons (Fsp3) is 0.143. The van der Waals surface area contributed by atoms with Crippen molar-refractivity contribution in [2.45, 2.75) is 11.3 Å². The number of benzene rings is 2. The lowest BCUT2D eigenvalue weighted by Gasteiger charge is -2.06. The van der Waals surface area contributed by atoms with Crippen molar-refractivity contribution >= 4 is 27.1 Å². The maximum absolute atomic E-state index is 12.2. The summed E-state index contributed by atoms with van der Waals surface area (Å²) >= 11 is 5.92. The van der Waals surface area contributed by atoms with Crippen molar-refractivity contribution in [2.75, 3.05) is 11.5 Å². The van der Waals surface area contributed by atoms with Crippen LogP contribution in [0.1, 0.15) is 5.56 Å². The molecule has 2 N–H and O–H groups in total. The van der Waals surface area contributed by atoms with Crippen LogP contribution in [0.3, 0.4) is 0 Å². The summed E-state index contributed by atoms with van der Waals surface area (Å²) in [6, 6.07) is 13.7. The molecule has 0 fully saturated rings. The molecule has 3 nitrogen and oxygen atoms in total. The second-order valence-corrected chi connectivity index (χ2v) is 6.73.